The van der Waals surface area contributed by atoms with Crippen molar-refractivity contribution in [1.82, 2.24) is 10.6 Å². The van der Waals surface area contributed by atoms with Gasteiger partial charge in [-0.1, -0.05) is 13.3 Å². The van der Waals surface area contributed by atoms with Crippen LogP contribution in [0.25, 0.3) is 0 Å². The van der Waals surface area contributed by atoms with E-state index in [1.807, 2.05) is 7.05 Å². The molecule has 0 atom stereocenters. The van der Waals surface area contributed by atoms with Gasteiger partial charge in [0.05, 0.1) is 0 Å². The summed E-state index contributed by atoms with van der Waals surface area (Å²) < 4.78 is 0. The van der Waals surface area contributed by atoms with E-state index in [4.69, 9.17) is 0 Å². The van der Waals surface area contributed by atoms with E-state index in [2.05, 4.69) is 17.6 Å². The summed E-state index contributed by atoms with van der Waals surface area (Å²) in [7, 11) is 2.01. The molecule has 0 unspecified atom stereocenters. The summed E-state index contributed by atoms with van der Waals surface area (Å²) in [5.74, 6) is 0. The summed E-state index contributed by atoms with van der Waals surface area (Å²) in [4.78, 5) is 0. The van der Waals surface area contributed by atoms with Gasteiger partial charge in [0.15, 0.2) is 0 Å². The molecule has 1 fully saturated rings. The molecule has 1 saturated carbocycles. The van der Waals surface area contributed by atoms with E-state index in [0.29, 0.717) is 5.41 Å². The van der Waals surface area contributed by atoms with Gasteiger partial charge < -0.3 is 10.6 Å². The van der Waals surface area contributed by atoms with Crippen LogP contribution in [0.1, 0.15) is 39.0 Å². The molecule has 0 amide bonds. The molecule has 1 rings (SSSR count). The van der Waals surface area contributed by atoms with Gasteiger partial charge in [-0.3, -0.25) is 0 Å². The fraction of sp³-hybridized carbons (Fsp3) is 1.00. The van der Waals surface area contributed by atoms with Crippen LogP contribution in [-0.2, 0) is 0 Å². The topological polar surface area (TPSA) is 24.1 Å². The number of rotatable bonds is 7. The first kappa shape index (κ1) is 11.0. The molecule has 2 nitrogen and oxygen atoms in total. The van der Waals surface area contributed by atoms with Crippen LogP contribution in [0, 0.1) is 5.41 Å². The van der Waals surface area contributed by atoms with E-state index in [-0.39, 0.29) is 0 Å². The predicted molar refractivity (Wildman–Crippen MR) is 58.0 cm³/mol. The van der Waals surface area contributed by atoms with E-state index in [0.717, 1.165) is 6.54 Å². The van der Waals surface area contributed by atoms with Gasteiger partial charge in [-0.25, -0.2) is 0 Å². The van der Waals surface area contributed by atoms with Gasteiger partial charge in [-0.15, -0.1) is 0 Å². The van der Waals surface area contributed by atoms with Crippen molar-refractivity contribution in [2.75, 3.05) is 26.7 Å². The zero-order valence-electron chi connectivity index (χ0n) is 9.16. The van der Waals surface area contributed by atoms with E-state index in [1.54, 1.807) is 0 Å². The highest BCUT2D eigenvalue weighted by atomic mass is 14.9. The van der Waals surface area contributed by atoms with Crippen LogP contribution in [0.15, 0.2) is 0 Å². The van der Waals surface area contributed by atoms with Crippen LogP contribution in [0.2, 0.25) is 0 Å². The molecule has 1 aliphatic carbocycles. The first-order valence-electron chi connectivity index (χ1n) is 5.68. The van der Waals surface area contributed by atoms with Crippen molar-refractivity contribution < 1.29 is 0 Å². The van der Waals surface area contributed by atoms with Crippen molar-refractivity contribution in [3.63, 3.8) is 0 Å². The Balaban J connectivity index is 1.98. The second-order valence-electron chi connectivity index (χ2n) is 4.34. The second-order valence-corrected chi connectivity index (χ2v) is 4.34. The van der Waals surface area contributed by atoms with Crippen LogP contribution in [0.5, 0.6) is 0 Å². The third-order valence-corrected chi connectivity index (χ3v) is 3.44. The maximum Gasteiger partial charge on any atom is 0.000771 e. The molecule has 78 valence electrons. The molecule has 0 aromatic carbocycles. The Morgan fingerprint density at radius 3 is 2.46 bits per heavy atom. The summed E-state index contributed by atoms with van der Waals surface area (Å²) in [6.07, 6.45) is 6.94. The Morgan fingerprint density at radius 1 is 1.23 bits per heavy atom. The maximum atomic E-state index is 3.57. The molecule has 0 aromatic rings. The number of hydrogen-bond acceptors (Lipinski definition) is 2. The Kier molecular flexibility index (Phi) is 4.74. The molecule has 0 heterocycles. The van der Waals surface area contributed by atoms with E-state index in [1.165, 1.54) is 45.2 Å². The molecule has 0 aromatic heterocycles. The van der Waals surface area contributed by atoms with Crippen molar-refractivity contribution in [2.45, 2.75) is 39.0 Å². The Morgan fingerprint density at radius 2 is 2.00 bits per heavy atom. The Bertz CT molecular complexity index is 125. The zero-order valence-corrected chi connectivity index (χ0v) is 9.16. The average molecular weight is 184 g/mol. The molecule has 0 aliphatic heterocycles. The molecule has 0 saturated heterocycles. The molecule has 2 heteroatoms. The van der Waals surface area contributed by atoms with E-state index in [9.17, 15) is 0 Å². The second kappa shape index (κ2) is 5.61. The highest BCUT2D eigenvalue weighted by Gasteiger charge is 2.34. The smallest absolute Gasteiger partial charge is 0.000771 e. The molecular weight excluding hydrogens is 160 g/mol. The molecular formula is C11H24N2. The van der Waals surface area contributed by atoms with Crippen molar-refractivity contribution >= 4 is 0 Å². The van der Waals surface area contributed by atoms with Gasteiger partial charge >= 0.3 is 0 Å². The fourth-order valence-corrected chi connectivity index (χ4v) is 2.08. The molecule has 1 aliphatic rings. The lowest BCUT2D eigenvalue weighted by Gasteiger charge is -2.41. The van der Waals surface area contributed by atoms with Crippen LogP contribution >= 0.6 is 0 Å². The largest absolute Gasteiger partial charge is 0.320 e. The lowest BCUT2D eigenvalue weighted by molar-refractivity contribution is 0.124. The number of nitrogens with one attached hydrogen (secondary N) is 2. The minimum atomic E-state index is 0.680. The van der Waals surface area contributed by atoms with Gasteiger partial charge in [-0.05, 0) is 51.2 Å². The van der Waals surface area contributed by atoms with Gasteiger partial charge in [0.25, 0.3) is 0 Å². The summed E-state index contributed by atoms with van der Waals surface area (Å²) in [5, 5.41) is 6.74. The van der Waals surface area contributed by atoms with Crippen molar-refractivity contribution in [3.8, 4) is 0 Å². The highest BCUT2D eigenvalue weighted by molar-refractivity contribution is 4.88. The highest BCUT2D eigenvalue weighted by Crippen LogP contribution is 2.42. The lowest BCUT2D eigenvalue weighted by Crippen LogP contribution is -2.40. The molecule has 2 N–H and O–H groups in total. The summed E-state index contributed by atoms with van der Waals surface area (Å²) in [6, 6.07) is 0. The normalized spacial score (nSPS) is 19.8. The molecule has 0 spiro atoms. The van der Waals surface area contributed by atoms with Crippen LogP contribution in [-0.4, -0.2) is 26.7 Å². The average Bonchev–Trinajstić information content (AvgIpc) is 2.09. The third kappa shape index (κ3) is 3.28. The quantitative estimate of drug-likeness (QED) is 0.589. The van der Waals surface area contributed by atoms with Gasteiger partial charge in [0.1, 0.15) is 0 Å². The van der Waals surface area contributed by atoms with E-state index < -0.39 is 0 Å². The third-order valence-electron chi connectivity index (χ3n) is 3.44. The minimum Gasteiger partial charge on any atom is -0.320 e. The minimum absolute atomic E-state index is 0.680. The Labute approximate surface area is 82.5 Å². The zero-order chi connectivity index (χ0) is 9.57. The van der Waals surface area contributed by atoms with Crippen LogP contribution in [0.3, 0.4) is 0 Å². The van der Waals surface area contributed by atoms with Crippen LogP contribution in [0.4, 0.5) is 0 Å². The van der Waals surface area contributed by atoms with Crippen molar-refractivity contribution in [2.24, 2.45) is 5.41 Å². The van der Waals surface area contributed by atoms with E-state index >= 15 is 0 Å². The van der Waals surface area contributed by atoms with Crippen molar-refractivity contribution in [3.05, 3.63) is 0 Å². The van der Waals surface area contributed by atoms with Gasteiger partial charge in [-0.2, -0.15) is 0 Å². The standard InChI is InChI=1S/C11H24N2/c1-3-11(6-4-7-11)10-13-9-5-8-12-2/h12-13H,3-10H2,1-2H3. The number of hydrogen-bond donors (Lipinski definition) is 2. The lowest BCUT2D eigenvalue weighted by atomic mass is 9.67. The summed E-state index contributed by atoms with van der Waals surface area (Å²) in [5.41, 5.74) is 0.680. The predicted octanol–water partition coefficient (Wildman–Crippen LogP) is 1.77. The van der Waals surface area contributed by atoms with Crippen molar-refractivity contribution in [1.29, 1.82) is 0 Å². The first-order valence-corrected chi connectivity index (χ1v) is 5.68. The maximum absolute atomic E-state index is 3.57. The molecule has 0 radical (unpaired) electrons. The molecule has 13 heavy (non-hydrogen) atoms. The van der Waals surface area contributed by atoms with Gasteiger partial charge in [0, 0.05) is 6.54 Å². The fourth-order valence-electron chi connectivity index (χ4n) is 2.08. The molecule has 0 bridgehead atoms. The SMILES string of the molecule is CCC1(CNCCCNC)CCC1. The summed E-state index contributed by atoms with van der Waals surface area (Å²) in [6.45, 7) is 5.87. The first-order chi connectivity index (χ1) is 6.33. The Hall–Kier alpha value is -0.0800. The monoisotopic (exact) mass is 184 g/mol. The van der Waals surface area contributed by atoms with Gasteiger partial charge in [0.2, 0.25) is 0 Å². The summed E-state index contributed by atoms with van der Waals surface area (Å²) >= 11 is 0. The van der Waals surface area contributed by atoms with Crippen LogP contribution < -0.4 is 10.6 Å².